The molecule has 4 rings (SSSR count). The largest absolute Gasteiger partial charge is 0.345 e. The average molecular weight is 429 g/mol. The van der Waals surface area contributed by atoms with Crippen LogP contribution in [0.5, 0.6) is 0 Å². The summed E-state index contributed by atoms with van der Waals surface area (Å²) in [7, 11) is -4.05. The highest BCUT2D eigenvalue weighted by Crippen LogP contribution is 2.32. The second-order valence-corrected chi connectivity index (χ2v) is 8.52. The molecular formula is C19H13ClN4O4S. The van der Waals surface area contributed by atoms with Gasteiger partial charge in [-0.05, 0) is 30.3 Å². The van der Waals surface area contributed by atoms with Crippen LogP contribution in [0.3, 0.4) is 0 Å². The molecule has 0 saturated heterocycles. The van der Waals surface area contributed by atoms with Crippen LogP contribution in [0.4, 0.5) is 0 Å². The van der Waals surface area contributed by atoms with E-state index >= 15 is 0 Å². The van der Waals surface area contributed by atoms with Gasteiger partial charge in [-0.15, -0.1) is 0 Å². The first-order valence-corrected chi connectivity index (χ1v) is 10.3. The summed E-state index contributed by atoms with van der Waals surface area (Å²) in [5.41, 5.74) is 0.304. The summed E-state index contributed by atoms with van der Waals surface area (Å²) < 4.78 is 26.4. The van der Waals surface area contributed by atoms with Gasteiger partial charge in [0.15, 0.2) is 11.6 Å². The number of hydrogen-bond acceptors (Lipinski definition) is 6. The first-order valence-electron chi connectivity index (χ1n) is 8.41. The molecule has 29 heavy (non-hydrogen) atoms. The number of halogens is 1. The Balaban J connectivity index is 1.87. The number of H-pyrrole nitrogens is 2. The van der Waals surface area contributed by atoms with Crippen molar-refractivity contribution in [3.05, 3.63) is 71.3 Å². The van der Waals surface area contributed by atoms with Gasteiger partial charge in [0.2, 0.25) is 15.6 Å². The molecule has 0 atom stereocenters. The van der Waals surface area contributed by atoms with Crippen LogP contribution in [-0.4, -0.2) is 40.1 Å². The Morgan fingerprint density at radius 3 is 2.48 bits per heavy atom. The number of carbonyl (C=O) groups is 2. The molecule has 2 aromatic heterocycles. The van der Waals surface area contributed by atoms with Crippen LogP contribution < -0.4 is 0 Å². The van der Waals surface area contributed by atoms with E-state index in [1.165, 1.54) is 18.2 Å². The van der Waals surface area contributed by atoms with E-state index in [9.17, 15) is 18.0 Å². The third-order valence-electron chi connectivity index (χ3n) is 4.33. The predicted octanol–water partition coefficient (Wildman–Crippen LogP) is 3.23. The van der Waals surface area contributed by atoms with Crippen molar-refractivity contribution >= 4 is 43.9 Å². The van der Waals surface area contributed by atoms with E-state index in [1.807, 2.05) is 0 Å². The normalized spacial score (nSPS) is 11.6. The number of rotatable bonds is 6. The zero-order chi connectivity index (χ0) is 20.6. The van der Waals surface area contributed by atoms with E-state index in [4.69, 9.17) is 11.6 Å². The van der Waals surface area contributed by atoms with Gasteiger partial charge in [0.25, 0.3) is 0 Å². The molecule has 0 bridgehead atoms. The van der Waals surface area contributed by atoms with Gasteiger partial charge >= 0.3 is 0 Å². The van der Waals surface area contributed by atoms with Crippen molar-refractivity contribution in [1.29, 1.82) is 0 Å². The van der Waals surface area contributed by atoms with Crippen LogP contribution in [0.1, 0.15) is 27.4 Å². The Morgan fingerprint density at radius 2 is 1.79 bits per heavy atom. The first-order chi connectivity index (χ1) is 13.9. The Hall–Kier alpha value is -3.30. The molecule has 2 aromatic carbocycles. The van der Waals surface area contributed by atoms with Crippen molar-refractivity contribution < 1.29 is 18.0 Å². The van der Waals surface area contributed by atoms with Crippen LogP contribution in [0.25, 0.3) is 10.9 Å². The van der Waals surface area contributed by atoms with Crippen molar-refractivity contribution in [2.24, 2.45) is 0 Å². The van der Waals surface area contributed by atoms with Crippen LogP contribution in [0.2, 0.25) is 5.02 Å². The lowest BCUT2D eigenvalue weighted by Gasteiger charge is -2.06. The molecule has 0 saturated carbocycles. The van der Waals surface area contributed by atoms with Crippen molar-refractivity contribution in [2.75, 3.05) is 0 Å². The number of ketones is 2. The third-order valence-corrected chi connectivity index (χ3v) is 6.30. The van der Waals surface area contributed by atoms with Gasteiger partial charge in [-0.1, -0.05) is 29.8 Å². The minimum absolute atomic E-state index is 0.0215. The van der Waals surface area contributed by atoms with Crippen LogP contribution in [0.15, 0.2) is 64.8 Å². The fourth-order valence-corrected chi connectivity index (χ4v) is 4.65. The number of benzene rings is 2. The summed E-state index contributed by atoms with van der Waals surface area (Å²) in [5, 5.41) is 6.35. The number of nitrogens with one attached hydrogen (secondary N) is 2. The minimum Gasteiger partial charge on any atom is -0.345 e. The van der Waals surface area contributed by atoms with Crippen LogP contribution >= 0.6 is 11.6 Å². The number of hydrogen-bond donors (Lipinski definition) is 2. The van der Waals surface area contributed by atoms with Gasteiger partial charge in [-0.2, -0.15) is 5.10 Å². The highest BCUT2D eigenvalue weighted by molar-refractivity contribution is 7.91. The van der Waals surface area contributed by atoms with E-state index in [-0.39, 0.29) is 21.3 Å². The van der Waals surface area contributed by atoms with Crippen molar-refractivity contribution in [2.45, 2.75) is 16.3 Å². The second kappa shape index (κ2) is 7.26. The molecule has 4 aromatic rings. The molecule has 0 radical (unpaired) electrons. The molecule has 10 heteroatoms. The lowest BCUT2D eigenvalue weighted by Crippen LogP contribution is -2.14. The van der Waals surface area contributed by atoms with Gasteiger partial charge in [-0.25, -0.2) is 13.4 Å². The van der Waals surface area contributed by atoms with Crippen molar-refractivity contribution in [3.8, 4) is 0 Å². The number of aromatic nitrogens is 4. The van der Waals surface area contributed by atoms with Gasteiger partial charge < -0.3 is 4.98 Å². The molecule has 2 heterocycles. The van der Waals surface area contributed by atoms with E-state index in [0.29, 0.717) is 15.9 Å². The van der Waals surface area contributed by atoms with Crippen molar-refractivity contribution in [3.63, 3.8) is 0 Å². The van der Waals surface area contributed by atoms with Crippen LogP contribution in [0, 0.1) is 0 Å². The zero-order valence-corrected chi connectivity index (χ0v) is 16.3. The Labute approximate surface area is 169 Å². The first kappa shape index (κ1) is 19.0. The summed E-state index contributed by atoms with van der Waals surface area (Å²) in [6, 6.07) is 12.4. The Bertz CT molecular complexity index is 1330. The maximum atomic E-state index is 13.2. The molecular weight excluding hydrogens is 416 g/mol. The molecule has 8 nitrogen and oxygen atoms in total. The van der Waals surface area contributed by atoms with Gasteiger partial charge in [-0.3, -0.25) is 14.7 Å². The van der Waals surface area contributed by atoms with Gasteiger partial charge in [0.05, 0.1) is 16.9 Å². The average Bonchev–Trinajstić information content (AvgIpc) is 3.36. The summed E-state index contributed by atoms with van der Waals surface area (Å²) in [6.45, 7) is 0. The Morgan fingerprint density at radius 1 is 1.03 bits per heavy atom. The number of sulfone groups is 1. The summed E-state index contributed by atoms with van der Waals surface area (Å²) in [4.78, 5) is 31.9. The highest BCUT2D eigenvalue weighted by Gasteiger charge is 2.30. The topological polar surface area (TPSA) is 126 Å². The predicted molar refractivity (Wildman–Crippen MR) is 105 cm³/mol. The van der Waals surface area contributed by atoms with Gasteiger partial charge in [0, 0.05) is 15.9 Å². The third kappa shape index (κ3) is 3.45. The molecule has 146 valence electrons. The standard InChI is InChI=1S/C19H13ClN4O4S/c20-11-6-7-14-13(8-11)17(15(25)9-16(26)18-21-10-22-24-18)19(23-14)29(27,28)12-4-2-1-3-5-12/h1-8,10,23H,9H2,(H,21,22,24). The maximum Gasteiger partial charge on any atom is 0.222 e. The maximum absolute atomic E-state index is 13.2. The number of Topliss-reactive ketones (excluding diaryl/α,β-unsaturated/α-hetero) is 2. The lowest BCUT2D eigenvalue weighted by molar-refractivity contribution is 0.0887. The SMILES string of the molecule is O=C(CC(=O)c1c(S(=O)(=O)c2ccccc2)[nH]c2ccc(Cl)cc12)c1ncn[nH]1. The van der Waals surface area contributed by atoms with Crippen LogP contribution in [-0.2, 0) is 9.84 Å². The fourth-order valence-electron chi connectivity index (χ4n) is 2.99. The lowest BCUT2D eigenvalue weighted by atomic mass is 10.0. The summed E-state index contributed by atoms with van der Waals surface area (Å²) >= 11 is 6.06. The van der Waals surface area contributed by atoms with E-state index < -0.39 is 27.8 Å². The second-order valence-electron chi connectivity index (χ2n) is 6.19. The van der Waals surface area contributed by atoms with E-state index in [2.05, 4.69) is 20.2 Å². The molecule has 0 aliphatic rings. The quantitative estimate of drug-likeness (QED) is 0.358. The number of aromatic amines is 2. The minimum atomic E-state index is -4.05. The van der Waals surface area contributed by atoms with Gasteiger partial charge in [0.1, 0.15) is 11.4 Å². The molecule has 2 N–H and O–H groups in total. The monoisotopic (exact) mass is 428 g/mol. The Kier molecular flexibility index (Phi) is 4.77. The number of carbonyl (C=O) groups excluding carboxylic acids is 2. The molecule has 0 aliphatic carbocycles. The highest BCUT2D eigenvalue weighted by atomic mass is 35.5. The molecule has 0 spiro atoms. The number of fused-ring (bicyclic) bond motifs is 1. The summed E-state index contributed by atoms with van der Waals surface area (Å²) in [5.74, 6) is -1.36. The zero-order valence-electron chi connectivity index (χ0n) is 14.7. The number of nitrogens with zero attached hydrogens (tertiary/aromatic N) is 2. The summed E-state index contributed by atoms with van der Waals surface area (Å²) in [6.07, 6.45) is 0.570. The fraction of sp³-hybridized carbons (Fsp3) is 0.0526. The van der Waals surface area contributed by atoms with E-state index in [0.717, 1.165) is 6.33 Å². The molecule has 0 unspecified atom stereocenters. The molecule has 0 amide bonds. The van der Waals surface area contributed by atoms with Crippen molar-refractivity contribution in [1.82, 2.24) is 20.2 Å². The van der Waals surface area contributed by atoms with E-state index in [1.54, 1.807) is 30.3 Å². The molecule has 0 aliphatic heterocycles. The smallest absolute Gasteiger partial charge is 0.222 e. The molecule has 0 fully saturated rings.